The number of hydrogen-bond donors (Lipinski definition) is 2. The molecule has 11 heavy (non-hydrogen) atoms. The molecule has 0 saturated heterocycles. The van der Waals surface area contributed by atoms with Crippen molar-refractivity contribution in [3.05, 3.63) is 18.0 Å². The Morgan fingerprint density at radius 2 is 2.55 bits per heavy atom. The van der Waals surface area contributed by atoms with Gasteiger partial charge in [-0.15, -0.1) is 0 Å². The highest BCUT2D eigenvalue weighted by molar-refractivity contribution is 7.80. The number of thiocarbonyl (C=S) groups is 1. The number of H-pyrrole nitrogens is 1. The molecule has 1 aromatic rings. The van der Waals surface area contributed by atoms with Gasteiger partial charge < -0.3 is 5.32 Å². The van der Waals surface area contributed by atoms with E-state index in [1.54, 1.807) is 6.20 Å². The summed E-state index contributed by atoms with van der Waals surface area (Å²) in [4.78, 5) is 0.782. The summed E-state index contributed by atoms with van der Waals surface area (Å²) in [5, 5.41) is 9.85. The quantitative estimate of drug-likeness (QED) is 0.641. The Morgan fingerprint density at radius 3 is 3.09 bits per heavy atom. The van der Waals surface area contributed by atoms with E-state index in [2.05, 4.69) is 15.5 Å². The van der Waals surface area contributed by atoms with Crippen LogP contribution in [0.5, 0.6) is 0 Å². The molecule has 1 aromatic heterocycles. The van der Waals surface area contributed by atoms with Crippen molar-refractivity contribution in [2.75, 3.05) is 0 Å². The zero-order chi connectivity index (χ0) is 7.68. The van der Waals surface area contributed by atoms with Crippen molar-refractivity contribution in [2.24, 2.45) is 0 Å². The van der Waals surface area contributed by atoms with Gasteiger partial charge in [-0.1, -0.05) is 12.2 Å². The molecule has 0 amide bonds. The maximum Gasteiger partial charge on any atom is 0.124 e. The Balaban J connectivity index is 1.99. The predicted octanol–water partition coefficient (Wildman–Crippen LogP) is 0.837. The van der Waals surface area contributed by atoms with Crippen LogP contribution >= 0.6 is 12.2 Å². The number of aromatic amines is 1. The molecule has 0 aromatic carbocycles. The number of nitrogens with one attached hydrogen (secondary N) is 2. The fourth-order valence-corrected chi connectivity index (χ4v) is 1.15. The van der Waals surface area contributed by atoms with Gasteiger partial charge in [0.25, 0.3) is 0 Å². The predicted molar refractivity (Wildman–Crippen MR) is 46.4 cm³/mol. The van der Waals surface area contributed by atoms with Crippen molar-refractivity contribution < 1.29 is 0 Å². The summed E-state index contributed by atoms with van der Waals surface area (Å²) < 4.78 is 0. The zero-order valence-corrected chi connectivity index (χ0v) is 6.82. The topological polar surface area (TPSA) is 40.7 Å². The minimum atomic E-state index is 0.616. The standard InChI is InChI=1S/C7H9N3S/c11-7(9-5-1-2-5)6-3-4-8-10-6/h3-5H,1-2H2,(H,8,10)(H,9,11). The third-order valence-corrected chi connectivity index (χ3v) is 2.00. The molecule has 0 spiro atoms. The maximum atomic E-state index is 5.11. The van der Waals surface area contributed by atoms with Gasteiger partial charge in [-0.2, -0.15) is 5.10 Å². The molecule has 1 aliphatic carbocycles. The van der Waals surface area contributed by atoms with Crippen molar-refractivity contribution in [2.45, 2.75) is 18.9 Å². The molecule has 0 atom stereocenters. The molecular formula is C7H9N3S. The second-order valence-corrected chi connectivity index (χ2v) is 3.13. The highest BCUT2D eigenvalue weighted by Gasteiger charge is 2.22. The first kappa shape index (κ1) is 6.79. The van der Waals surface area contributed by atoms with Crippen LogP contribution in [0.3, 0.4) is 0 Å². The van der Waals surface area contributed by atoms with Crippen LogP contribution in [0.4, 0.5) is 0 Å². The van der Waals surface area contributed by atoms with Gasteiger partial charge >= 0.3 is 0 Å². The van der Waals surface area contributed by atoms with Crippen LogP contribution in [0.2, 0.25) is 0 Å². The first-order valence-electron chi connectivity index (χ1n) is 3.66. The van der Waals surface area contributed by atoms with Gasteiger partial charge in [0.05, 0.1) is 5.69 Å². The maximum absolute atomic E-state index is 5.11. The second kappa shape index (κ2) is 2.62. The van der Waals surface area contributed by atoms with Crippen molar-refractivity contribution in [3.8, 4) is 0 Å². The molecule has 0 aliphatic heterocycles. The Labute approximate surface area is 70.2 Å². The Hall–Kier alpha value is -0.900. The van der Waals surface area contributed by atoms with Crippen LogP contribution in [0, 0.1) is 0 Å². The summed E-state index contributed by atoms with van der Waals surface area (Å²) in [6.45, 7) is 0. The molecule has 1 saturated carbocycles. The van der Waals surface area contributed by atoms with Crippen LogP contribution in [0.1, 0.15) is 18.5 Å². The molecule has 1 heterocycles. The van der Waals surface area contributed by atoms with Crippen molar-refractivity contribution >= 4 is 17.2 Å². The Bertz CT molecular complexity index is 251. The molecule has 1 fully saturated rings. The van der Waals surface area contributed by atoms with Crippen LogP contribution in [0.15, 0.2) is 12.3 Å². The Morgan fingerprint density at radius 1 is 1.73 bits per heavy atom. The molecule has 0 bridgehead atoms. The average Bonchev–Trinajstić information content (AvgIpc) is 2.67. The summed E-state index contributed by atoms with van der Waals surface area (Å²) in [6, 6.07) is 2.49. The fraction of sp³-hybridized carbons (Fsp3) is 0.429. The van der Waals surface area contributed by atoms with E-state index in [9.17, 15) is 0 Å². The number of hydrogen-bond acceptors (Lipinski definition) is 2. The van der Waals surface area contributed by atoms with E-state index in [4.69, 9.17) is 12.2 Å². The first-order chi connectivity index (χ1) is 5.36. The highest BCUT2D eigenvalue weighted by atomic mass is 32.1. The van der Waals surface area contributed by atoms with Crippen molar-refractivity contribution in [1.29, 1.82) is 0 Å². The summed E-state index contributed by atoms with van der Waals surface area (Å²) in [5.74, 6) is 0. The normalized spacial score (nSPS) is 16.4. The van der Waals surface area contributed by atoms with Gasteiger partial charge in [-0.3, -0.25) is 5.10 Å². The van der Waals surface area contributed by atoms with Gasteiger partial charge in [-0.05, 0) is 18.9 Å². The molecule has 2 rings (SSSR count). The van der Waals surface area contributed by atoms with E-state index in [1.807, 2.05) is 6.07 Å². The molecule has 0 radical (unpaired) electrons. The first-order valence-corrected chi connectivity index (χ1v) is 4.07. The molecule has 1 aliphatic rings. The van der Waals surface area contributed by atoms with Gasteiger partial charge in [0, 0.05) is 12.2 Å². The number of nitrogens with zero attached hydrogens (tertiary/aromatic N) is 1. The van der Waals surface area contributed by atoms with E-state index in [1.165, 1.54) is 12.8 Å². The lowest BCUT2D eigenvalue weighted by Gasteiger charge is -2.01. The lowest BCUT2D eigenvalue weighted by Crippen LogP contribution is -2.24. The zero-order valence-electron chi connectivity index (χ0n) is 6.00. The fourth-order valence-electron chi connectivity index (χ4n) is 0.873. The smallest absolute Gasteiger partial charge is 0.124 e. The van der Waals surface area contributed by atoms with E-state index >= 15 is 0 Å². The number of rotatable bonds is 2. The minimum absolute atomic E-state index is 0.616. The van der Waals surface area contributed by atoms with Gasteiger partial charge in [0.1, 0.15) is 4.99 Å². The lowest BCUT2D eigenvalue weighted by atomic mass is 10.4. The van der Waals surface area contributed by atoms with Crippen molar-refractivity contribution in [3.63, 3.8) is 0 Å². The Kier molecular flexibility index (Phi) is 1.62. The molecule has 2 N–H and O–H groups in total. The van der Waals surface area contributed by atoms with Crippen LogP contribution < -0.4 is 5.32 Å². The van der Waals surface area contributed by atoms with Gasteiger partial charge in [0.2, 0.25) is 0 Å². The van der Waals surface area contributed by atoms with E-state index < -0.39 is 0 Å². The van der Waals surface area contributed by atoms with Crippen LogP contribution in [-0.4, -0.2) is 21.2 Å². The van der Waals surface area contributed by atoms with E-state index in [0.717, 1.165) is 10.7 Å². The summed E-state index contributed by atoms with van der Waals surface area (Å²) >= 11 is 5.11. The molecule has 0 unspecified atom stereocenters. The van der Waals surface area contributed by atoms with Crippen LogP contribution in [0.25, 0.3) is 0 Å². The van der Waals surface area contributed by atoms with E-state index in [0.29, 0.717) is 6.04 Å². The van der Waals surface area contributed by atoms with Gasteiger partial charge in [-0.25, -0.2) is 0 Å². The summed E-state index contributed by atoms with van der Waals surface area (Å²) in [5.41, 5.74) is 0.909. The largest absolute Gasteiger partial charge is 0.372 e. The average molecular weight is 167 g/mol. The molecule has 58 valence electrons. The second-order valence-electron chi connectivity index (χ2n) is 2.72. The van der Waals surface area contributed by atoms with Crippen LogP contribution in [-0.2, 0) is 0 Å². The number of aromatic nitrogens is 2. The summed E-state index contributed by atoms with van der Waals surface area (Å²) in [7, 11) is 0. The third kappa shape index (κ3) is 1.57. The third-order valence-electron chi connectivity index (χ3n) is 1.66. The van der Waals surface area contributed by atoms with E-state index in [-0.39, 0.29) is 0 Å². The highest BCUT2D eigenvalue weighted by Crippen LogP contribution is 2.19. The van der Waals surface area contributed by atoms with Gasteiger partial charge in [0.15, 0.2) is 0 Å². The minimum Gasteiger partial charge on any atom is -0.372 e. The van der Waals surface area contributed by atoms with Crippen molar-refractivity contribution in [1.82, 2.24) is 15.5 Å². The monoisotopic (exact) mass is 167 g/mol. The lowest BCUT2D eigenvalue weighted by molar-refractivity contribution is 0.914. The molecule has 4 heteroatoms. The molecule has 3 nitrogen and oxygen atoms in total. The molecular weight excluding hydrogens is 158 g/mol. The summed E-state index contributed by atoms with van der Waals surface area (Å²) in [6.07, 6.45) is 4.19. The SMILES string of the molecule is S=C(NC1CC1)c1ccn[nH]1.